The van der Waals surface area contributed by atoms with E-state index in [-0.39, 0.29) is 0 Å². The summed E-state index contributed by atoms with van der Waals surface area (Å²) >= 11 is 0. The topological polar surface area (TPSA) is 64.0 Å². The second-order valence-corrected chi connectivity index (χ2v) is 4.81. The summed E-state index contributed by atoms with van der Waals surface area (Å²) in [6.45, 7) is -0.159. The van der Waals surface area contributed by atoms with Crippen LogP contribution in [0.3, 0.4) is 0 Å². The number of carbonyl (C=O) groups is 1. The van der Waals surface area contributed by atoms with E-state index in [2.05, 4.69) is 10.3 Å². The van der Waals surface area contributed by atoms with E-state index in [1.807, 2.05) is 6.07 Å². The van der Waals surface area contributed by atoms with Gasteiger partial charge in [0, 0.05) is 25.1 Å². The van der Waals surface area contributed by atoms with Crippen LogP contribution in [0, 0.1) is 0 Å². The fourth-order valence-corrected chi connectivity index (χ4v) is 1.98. The van der Waals surface area contributed by atoms with Gasteiger partial charge in [0.05, 0.1) is 0 Å². The summed E-state index contributed by atoms with van der Waals surface area (Å²) in [4.78, 5) is 27.4. The Hall–Kier alpha value is -2.64. The van der Waals surface area contributed by atoms with Crippen LogP contribution in [0.15, 0.2) is 47.7 Å². The van der Waals surface area contributed by atoms with Crippen LogP contribution in [-0.2, 0) is 23.9 Å². The van der Waals surface area contributed by atoms with Crippen molar-refractivity contribution in [2.24, 2.45) is 0 Å². The number of hydrogen-bond acceptors (Lipinski definition) is 3. The molecule has 0 bridgehead atoms. The third-order valence-electron chi connectivity index (χ3n) is 3.10. The van der Waals surface area contributed by atoms with Gasteiger partial charge in [0.25, 0.3) is 5.56 Å². The SMILES string of the molecule is O=C(Cn1cccc(C(F)(F)F)c1=O)NCCc1cccnc1. The van der Waals surface area contributed by atoms with Gasteiger partial charge in [-0.3, -0.25) is 14.6 Å². The molecular formula is C15H14F3N3O2. The third-order valence-corrected chi connectivity index (χ3v) is 3.10. The van der Waals surface area contributed by atoms with Gasteiger partial charge in [0.2, 0.25) is 5.91 Å². The van der Waals surface area contributed by atoms with Crippen molar-refractivity contribution in [3.8, 4) is 0 Å². The Labute approximate surface area is 129 Å². The maximum absolute atomic E-state index is 12.6. The van der Waals surface area contributed by atoms with Crippen molar-refractivity contribution in [3.63, 3.8) is 0 Å². The summed E-state index contributed by atoms with van der Waals surface area (Å²) in [7, 11) is 0. The van der Waals surface area contributed by atoms with Crippen LogP contribution in [0.5, 0.6) is 0 Å². The lowest BCUT2D eigenvalue weighted by Crippen LogP contribution is -2.35. The predicted octanol–water partition coefficient (Wildman–Crippen LogP) is 1.62. The Morgan fingerprint density at radius 2 is 2.04 bits per heavy atom. The van der Waals surface area contributed by atoms with Gasteiger partial charge in [0.1, 0.15) is 12.1 Å². The first-order chi connectivity index (χ1) is 10.9. The molecule has 0 saturated carbocycles. The summed E-state index contributed by atoms with van der Waals surface area (Å²) in [5.74, 6) is -0.532. The normalized spacial score (nSPS) is 11.3. The molecule has 5 nitrogen and oxygen atoms in total. The van der Waals surface area contributed by atoms with Crippen LogP contribution < -0.4 is 10.9 Å². The van der Waals surface area contributed by atoms with Crippen molar-refractivity contribution in [2.45, 2.75) is 19.1 Å². The Kier molecular flexibility index (Phi) is 5.15. The number of aromatic nitrogens is 2. The molecule has 122 valence electrons. The lowest BCUT2D eigenvalue weighted by Gasteiger charge is -2.10. The monoisotopic (exact) mass is 325 g/mol. The second-order valence-electron chi connectivity index (χ2n) is 4.81. The molecule has 0 spiro atoms. The summed E-state index contributed by atoms with van der Waals surface area (Å²) in [6.07, 6.45) is 0.234. The third kappa shape index (κ3) is 4.67. The molecule has 2 rings (SSSR count). The van der Waals surface area contributed by atoms with Crippen molar-refractivity contribution >= 4 is 5.91 Å². The molecule has 0 unspecified atom stereocenters. The molecule has 23 heavy (non-hydrogen) atoms. The second kappa shape index (κ2) is 7.08. The van der Waals surface area contributed by atoms with Crippen LogP contribution in [0.4, 0.5) is 13.2 Å². The molecule has 2 aromatic heterocycles. The van der Waals surface area contributed by atoms with Crippen LogP contribution >= 0.6 is 0 Å². The molecule has 0 aromatic carbocycles. The van der Waals surface area contributed by atoms with Crippen molar-refractivity contribution < 1.29 is 18.0 Å². The summed E-state index contributed by atoms with van der Waals surface area (Å²) in [5, 5.41) is 2.56. The van der Waals surface area contributed by atoms with Gasteiger partial charge in [-0.05, 0) is 30.2 Å². The molecule has 0 aliphatic heterocycles. The lowest BCUT2D eigenvalue weighted by atomic mass is 10.2. The van der Waals surface area contributed by atoms with Gasteiger partial charge in [-0.2, -0.15) is 13.2 Å². The zero-order valence-electron chi connectivity index (χ0n) is 12.0. The van der Waals surface area contributed by atoms with E-state index >= 15 is 0 Å². The Morgan fingerprint density at radius 1 is 1.26 bits per heavy atom. The van der Waals surface area contributed by atoms with Gasteiger partial charge in [0.15, 0.2) is 0 Å². The van der Waals surface area contributed by atoms with E-state index in [1.165, 1.54) is 0 Å². The smallest absolute Gasteiger partial charge is 0.354 e. The number of carbonyl (C=O) groups excluding carboxylic acids is 1. The number of alkyl halides is 3. The maximum atomic E-state index is 12.6. The molecule has 0 fully saturated rings. The fraction of sp³-hybridized carbons (Fsp3) is 0.267. The highest BCUT2D eigenvalue weighted by atomic mass is 19.4. The molecule has 0 aliphatic carbocycles. The van der Waals surface area contributed by atoms with Gasteiger partial charge in [-0.1, -0.05) is 6.07 Å². The minimum atomic E-state index is -4.74. The van der Waals surface area contributed by atoms with Gasteiger partial charge in [-0.25, -0.2) is 0 Å². The standard InChI is InChI=1S/C15H14F3N3O2/c16-15(17,18)12-4-2-8-21(14(12)23)10-13(22)20-7-5-11-3-1-6-19-9-11/h1-4,6,8-9H,5,7,10H2,(H,20,22). The van der Waals surface area contributed by atoms with Crippen LogP contribution in [0.1, 0.15) is 11.1 Å². The number of nitrogens with zero attached hydrogens (tertiary/aromatic N) is 2. The highest BCUT2D eigenvalue weighted by Gasteiger charge is 2.34. The quantitative estimate of drug-likeness (QED) is 0.909. The van der Waals surface area contributed by atoms with Crippen LogP contribution in [0.2, 0.25) is 0 Å². The number of rotatable bonds is 5. The van der Waals surface area contributed by atoms with E-state index in [4.69, 9.17) is 0 Å². The largest absolute Gasteiger partial charge is 0.421 e. The zero-order chi connectivity index (χ0) is 16.9. The fourth-order valence-electron chi connectivity index (χ4n) is 1.98. The maximum Gasteiger partial charge on any atom is 0.421 e. The molecular weight excluding hydrogens is 311 g/mol. The molecule has 2 heterocycles. The Balaban J connectivity index is 1.94. The molecule has 1 N–H and O–H groups in total. The highest BCUT2D eigenvalue weighted by molar-refractivity contribution is 5.75. The number of hydrogen-bond donors (Lipinski definition) is 1. The first-order valence-electron chi connectivity index (χ1n) is 6.80. The summed E-state index contributed by atoms with van der Waals surface area (Å²) in [6, 6.07) is 5.39. The number of halogens is 3. The minimum absolute atomic E-state index is 0.304. The average Bonchev–Trinajstić information content (AvgIpc) is 2.49. The predicted molar refractivity (Wildman–Crippen MR) is 76.7 cm³/mol. The van der Waals surface area contributed by atoms with Crippen molar-refractivity contribution in [1.29, 1.82) is 0 Å². The number of amides is 1. The Bertz CT molecular complexity index is 727. The Morgan fingerprint density at radius 3 is 2.70 bits per heavy atom. The lowest BCUT2D eigenvalue weighted by molar-refractivity contribution is -0.139. The van der Waals surface area contributed by atoms with Gasteiger partial charge < -0.3 is 9.88 Å². The average molecular weight is 325 g/mol. The van der Waals surface area contributed by atoms with Crippen molar-refractivity contribution in [1.82, 2.24) is 14.9 Å². The van der Waals surface area contributed by atoms with E-state index in [9.17, 15) is 22.8 Å². The van der Waals surface area contributed by atoms with E-state index < -0.39 is 29.8 Å². The highest BCUT2D eigenvalue weighted by Crippen LogP contribution is 2.25. The van der Waals surface area contributed by atoms with Crippen LogP contribution in [0.25, 0.3) is 0 Å². The zero-order valence-corrected chi connectivity index (χ0v) is 12.0. The van der Waals surface area contributed by atoms with E-state index in [0.29, 0.717) is 19.0 Å². The first kappa shape index (κ1) is 16.7. The number of pyridine rings is 2. The minimum Gasteiger partial charge on any atom is -0.354 e. The molecule has 8 heteroatoms. The molecule has 1 amide bonds. The van der Waals surface area contributed by atoms with Gasteiger partial charge >= 0.3 is 6.18 Å². The van der Waals surface area contributed by atoms with Crippen molar-refractivity contribution in [2.75, 3.05) is 6.54 Å². The van der Waals surface area contributed by atoms with Crippen molar-refractivity contribution in [3.05, 3.63) is 64.3 Å². The molecule has 0 atom stereocenters. The van der Waals surface area contributed by atoms with Gasteiger partial charge in [-0.15, -0.1) is 0 Å². The van der Waals surface area contributed by atoms with E-state index in [1.54, 1.807) is 18.5 Å². The van der Waals surface area contributed by atoms with Crippen LogP contribution in [-0.4, -0.2) is 22.0 Å². The summed E-state index contributed by atoms with van der Waals surface area (Å²) in [5.41, 5.74) is -1.60. The van der Waals surface area contributed by atoms with E-state index in [0.717, 1.165) is 22.4 Å². The molecule has 0 saturated heterocycles. The molecule has 2 aromatic rings. The molecule has 0 aliphatic rings. The molecule has 0 radical (unpaired) electrons. The number of nitrogens with one attached hydrogen (secondary N) is 1. The summed E-state index contributed by atoms with van der Waals surface area (Å²) < 4.78 is 38.6. The first-order valence-corrected chi connectivity index (χ1v) is 6.80.